The van der Waals surface area contributed by atoms with Gasteiger partial charge in [0.1, 0.15) is 5.69 Å². The van der Waals surface area contributed by atoms with Crippen LogP contribution in [0.15, 0.2) is 24.3 Å². The maximum Gasteiger partial charge on any atom is 0.339 e. The fraction of sp³-hybridized carbons (Fsp3) is 0.222. The van der Waals surface area contributed by atoms with Gasteiger partial charge >= 0.3 is 5.97 Å². The molecule has 0 spiro atoms. The molecule has 0 atom stereocenters. The first-order valence-electron chi connectivity index (χ1n) is 7.19. The number of nitrogens with one attached hydrogen (secondary N) is 2. The predicted octanol–water partition coefficient (Wildman–Crippen LogP) is 2.91. The van der Waals surface area contributed by atoms with Gasteiger partial charge in [-0.1, -0.05) is 18.9 Å². The van der Waals surface area contributed by atoms with Crippen LogP contribution in [0.3, 0.4) is 0 Å². The standard InChI is InChI=1S/C18H18N2O3/c1-5-12-8-7-9-13(10-12)19-17(21)16-11(3)15(18(22)23-4)14(6-2)20-16/h1,7-10,20H,6H2,2-4H3,(H,19,21). The number of anilines is 1. The van der Waals surface area contributed by atoms with Crippen LogP contribution in [-0.4, -0.2) is 24.0 Å². The van der Waals surface area contributed by atoms with Crippen LogP contribution >= 0.6 is 0 Å². The average molecular weight is 310 g/mol. The second kappa shape index (κ2) is 6.84. The zero-order valence-corrected chi connectivity index (χ0v) is 13.3. The number of rotatable bonds is 4. The molecule has 2 rings (SSSR count). The van der Waals surface area contributed by atoms with Crippen molar-refractivity contribution in [3.05, 3.63) is 52.3 Å². The molecule has 1 aromatic heterocycles. The van der Waals surface area contributed by atoms with Crippen LogP contribution < -0.4 is 5.32 Å². The van der Waals surface area contributed by atoms with Crippen molar-refractivity contribution in [2.45, 2.75) is 20.3 Å². The Kier molecular flexibility index (Phi) is 4.87. The van der Waals surface area contributed by atoms with E-state index in [0.717, 1.165) is 0 Å². The van der Waals surface area contributed by atoms with Gasteiger partial charge in [0.2, 0.25) is 0 Å². The molecule has 5 heteroatoms. The van der Waals surface area contributed by atoms with E-state index in [1.54, 1.807) is 31.2 Å². The molecule has 5 nitrogen and oxygen atoms in total. The lowest BCUT2D eigenvalue weighted by atomic mass is 10.1. The summed E-state index contributed by atoms with van der Waals surface area (Å²) in [7, 11) is 1.32. The van der Waals surface area contributed by atoms with Crippen molar-refractivity contribution >= 4 is 17.6 Å². The fourth-order valence-electron chi connectivity index (χ4n) is 2.41. The first kappa shape index (κ1) is 16.4. The number of aromatic nitrogens is 1. The Morgan fingerprint density at radius 2 is 2.13 bits per heavy atom. The second-order valence-electron chi connectivity index (χ2n) is 5.00. The Morgan fingerprint density at radius 1 is 1.39 bits per heavy atom. The molecule has 1 heterocycles. The van der Waals surface area contributed by atoms with Crippen molar-refractivity contribution in [2.75, 3.05) is 12.4 Å². The van der Waals surface area contributed by atoms with Gasteiger partial charge in [-0.3, -0.25) is 4.79 Å². The van der Waals surface area contributed by atoms with Crippen LogP contribution in [0.1, 0.15) is 44.6 Å². The number of carbonyl (C=O) groups is 2. The summed E-state index contributed by atoms with van der Waals surface area (Å²) in [6, 6.07) is 7.00. The first-order valence-corrected chi connectivity index (χ1v) is 7.19. The summed E-state index contributed by atoms with van der Waals surface area (Å²) in [5.74, 6) is 1.73. The maximum atomic E-state index is 12.5. The summed E-state index contributed by atoms with van der Waals surface area (Å²) in [5, 5.41) is 2.78. The molecule has 0 fully saturated rings. The van der Waals surface area contributed by atoms with Gasteiger partial charge in [-0.2, -0.15) is 0 Å². The van der Waals surface area contributed by atoms with Gasteiger partial charge < -0.3 is 15.0 Å². The molecular weight excluding hydrogens is 292 g/mol. The van der Waals surface area contributed by atoms with Crippen LogP contribution in [0, 0.1) is 19.3 Å². The Hall–Kier alpha value is -3.00. The number of amides is 1. The minimum atomic E-state index is -0.455. The average Bonchev–Trinajstić information content (AvgIpc) is 2.91. The molecule has 2 N–H and O–H groups in total. The number of esters is 1. The zero-order chi connectivity index (χ0) is 17.0. The molecule has 0 saturated carbocycles. The van der Waals surface area contributed by atoms with E-state index >= 15 is 0 Å². The van der Waals surface area contributed by atoms with E-state index in [2.05, 4.69) is 16.2 Å². The summed E-state index contributed by atoms with van der Waals surface area (Å²) < 4.78 is 4.79. The normalized spacial score (nSPS) is 10.0. The van der Waals surface area contributed by atoms with Gasteiger partial charge in [0.05, 0.1) is 12.7 Å². The third-order valence-corrected chi connectivity index (χ3v) is 3.58. The van der Waals surface area contributed by atoms with Gasteiger partial charge in [0, 0.05) is 16.9 Å². The molecule has 0 radical (unpaired) electrons. The molecule has 1 amide bonds. The molecule has 0 aliphatic rings. The second-order valence-corrected chi connectivity index (χ2v) is 5.00. The van der Waals surface area contributed by atoms with Gasteiger partial charge in [-0.05, 0) is 37.1 Å². The van der Waals surface area contributed by atoms with Gasteiger partial charge in [0.25, 0.3) is 5.91 Å². The van der Waals surface area contributed by atoms with Crippen LogP contribution in [0.4, 0.5) is 5.69 Å². The number of H-pyrrole nitrogens is 1. The fourth-order valence-corrected chi connectivity index (χ4v) is 2.41. The Morgan fingerprint density at radius 3 is 2.74 bits per heavy atom. The van der Waals surface area contributed by atoms with Crippen LogP contribution in [0.25, 0.3) is 0 Å². The minimum Gasteiger partial charge on any atom is -0.465 e. The molecule has 0 bridgehead atoms. The number of benzene rings is 1. The highest BCUT2D eigenvalue weighted by Gasteiger charge is 2.23. The Labute approximate surface area is 135 Å². The van der Waals surface area contributed by atoms with E-state index < -0.39 is 5.97 Å². The first-order chi connectivity index (χ1) is 11.0. The lowest BCUT2D eigenvalue weighted by Gasteiger charge is -2.05. The lowest BCUT2D eigenvalue weighted by molar-refractivity contribution is 0.0599. The molecule has 2 aromatic rings. The molecule has 118 valence electrons. The minimum absolute atomic E-state index is 0.332. The number of terminal acetylenes is 1. The summed E-state index contributed by atoms with van der Waals surface area (Å²) in [6.07, 6.45) is 5.94. The molecule has 23 heavy (non-hydrogen) atoms. The Bertz CT molecular complexity index is 797. The number of carbonyl (C=O) groups excluding carboxylic acids is 2. The number of hydrogen-bond donors (Lipinski definition) is 2. The highest BCUT2D eigenvalue weighted by atomic mass is 16.5. The van der Waals surface area contributed by atoms with Gasteiger partial charge in [-0.15, -0.1) is 6.42 Å². The van der Waals surface area contributed by atoms with Crippen LogP contribution in [0.2, 0.25) is 0 Å². The van der Waals surface area contributed by atoms with Crippen molar-refractivity contribution in [3.8, 4) is 12.3 Å². The molecule has 1 aromatic carbocycles. The third-order valence-electron chi connectivity index (χ3n) is 3.58. The molecule has 0 saturated heterocycles. The van der Waals surface area contributed by atoms with Gasteiger partial charge in [0.15, 0.2) is 0 Å². The predicted molar refractivity (Wildman–Crippen MR) is 88.6 cm³/mol. The van der Waals surface area contributed by atoms with Crippen molar-refractivity contribution in [1.82, 2.24) is 4.98 Å². The molecule has 0 aliphatic carbocycles. The number of aromatic amines is 1. The summed E-state index contributed by atoms with van der Waals surface area (Å²) in [4.78, 5) is 27.4. The van der Waals surface area contributed by atoms with E-state index in [-0.39, 0.29) is 5.91 Å². The van der Waals surface area contributed by atoms with E-state index in [0.29, 0.717) is 40.2 Å². The van der Waals surface area contributed by atoms with Crippen molar-refractivity contribution < 1.29 is 14.3 Å². The van der Waals surface area contributed by atoms with Crippen molar-refractivity contribution in [1.29, 1.82) is 0 Å². The molecular formula is C18H18N2O3. The summed E-state index contributed by atoms with van der Waals surface area (Å²) in [6.45, 7) is 3.62. The maximum absolute atomic E-state index is 12.5. The van der Waals surface area contributed by atoms with Gasteiger partial charge in [-0.25, -0.2) is 4.79 Å². The summed E-state index contributed by atoms with van der Waals surface area (Å²) >= 11 is 0. The molecule has 0 unspecified atom stereocenters. The smallest absolute Gasteiger partial charge is 0.339 e. The highest BCUT2D eigenvalue weighted by Crippen LogP contribution is 2.21. The SMILES string of the molecule is C#Cc1cccc(NC(=O)c2[nH]c(CC)c(C(=O)OC)c2C)c1. The van der Waals surface area contributed by atoms with E-state index in [9.17, 15) is 9.59 Å². The topological polar surface area (TPSA) is 71.2 Å². The highest BCUT2D eigenvalue weighted by molar-refractivity contribution is 6.06. The monoisotopic (exact) mass is 310 g/mol. The van der Waals surface area contributed by atoms with E-state index in [1.165, 1.54) is 7.11 Å². The van der Waals surface area contributed by atoms with Crippen molar-refractivity contribution in [3.63, 3.8) is 0 Å². The lowest BCUT2D eigenvalue weighted by Crippen LogP contribution is -2.14. The third kappa shape index (κ3) is 3.27. The largest absolute Gasteiger partial charge is 0.465 e. The zero-order valence-electron chi connectivity index (χ0n) is 13.3. The number of ether oxygens (including phenoxy) is 1. The number of hydrogen-bond acceptors (Lipinski definition) is 3. The molecule has 0 aliphatic heterocycles. The van der Waals surface area contributed by atoms with Crippen LogP contribution in [0.5, 0.6) is 0 Å². The quantitative estimate of drug-likeness (QED) is 0.674. The number of aryl methyl sites for hydroxylation is 1. The summed E-state index contributed by atoms with van der Waals surface area (Å²) in [5.41, 5.74) is 3.27. The number of methoxy groups -OCH3 is 1. The Balaban J connectivity index is 2.34. The van der Waals surface area contributed by atoms with Crippen molar-refractivity contribution in [2.24, 2.45) is 0 Å². The van der Waals surface area contributed by atoms with E-state index in [4.69, 9.17) is 11.2 Å². The van der Waals surface area contributed by atoms with Crippen LogP contribution in [-0.2, 0) is 11.2 Å². The van der Waals surface area contributed by atoms with E-state index in [1.807, 2.05) is 6.92 Å².